The molecule has 4 rings (SSSR count). The quantitative estimate of drug-likeness (QED) is 0.734. The van der Waals surface area contributed by atoms with Crippen LogP contribution in [0.5, 0.6) is 0 Å². The van der Waals surface area contributed by atoms with Gasteiger partial charge in [0.05, 0.1) is 29.1 Å². The maximum absolute atomic E-state index is 12.5. The number of hydrogen-bond donors (Lipinski definition) is 1. The summed E-state index contributed by atoms with van der Waals surface area (Å²) in [7, 11) is 2.11. The van der Waals surface area contributed by atoms with Gasteiger partial charge in [0.25, 0.3) is 5.56 Å². The average molecular weight is 378 g/mol. The number of nitrogens with one attached hydrogen (secondary N) is 1. The highest BCUT2D eigenvalue weighted by Gasteiger charge is 2.15. The van der Waals surface area contributed by atoms with E-state index in [0.717, 1.165) is 32.0 Å². The van der Waals surface area contributed by atoms with Crippen molar-refractivity contribution in [3.8, 4) is 0 Å². The Kier molecular flexibility index (Phi) is 5.03. The number of amides is 1. The van der Waals surface area contributed by atoms with E-state index < -0.39 is 0 Å². The molecule has 0 atom stereocenters. The first-order valence-electron chi connectivity index (χ1n) is 9.24. The van der Waals surface area contributed by atoms with Crippen LogP contribution in [0.2, 0.25) is 0 Å². The van der Waals surface area contributed by atoms with Crippen molar-refractivity contribution in [2.75, 3.05) is 43.4 Å². The molecular weight excluding hydrogens is 356 g/mol. The third-order valence-corrected chi connectivity index (χ3v) is 4.90. The molecule has 1 aromatic carbocycles. The van der Waals surface area contributed by atoms with Gasteiger partial charge < -0.3 is 15.1 Å². The largest absolute Gasteiger partial charge is 0.354 e. The fraction of sp³-hybridized carbons (Fsp3) is 0.300. The number of benzene rings is 1. The molecule has 8 nitrogen and oxygen atoms in total. The lowest BCUT2D eigenvalue weighted by molar-refractivity contribution is -0.116. The summed E-state index contributed by atoms with van der Waals surface area (Å²) in [6.45, 7) is 3.79. The SMILES string of the molecule is CN1CCN(c2ccc(NC(=O)Cn3cnc4ccccc4c3=O)cn2)CC1. The zero-order valence-corrected chi connectivity index (χ0v) is 15.7. The second-order valence-corrected chi connectivity index (χ2v) is 6.94. The predicted octanol–water partition coefficient (Wildman–Crippen LogP) is 1.18. The number of fused-ring (bicyclic) bond motifs is 1. The molecule has 0 aliphatic carbocycles. The van der Waals surface area contributed by atoms with E-state index in [1.807, 2.05) is 18.2 Å². The Labute approximate surface area is 162 Å². The third-order valence-electron chi connectivity index (χ3n) is 4.90. The van der Waals surface area contributed by atoms with Gasteiger partial charge in [0.1, 0.15) is 12.4 Å². The Hall–Kier alpha value is -3.26. The van der Waals surface area contributed by atoms with Crippen molar-refractivity contribution in [2.24, 2.45) is 0 Å². The lowest BCUT2D eigenvalue weighted by atomic mass is 10.2. The molecule has 0 spiro atoms. The fourth-order valence-corrected chi connectivity index (χ4v) is 3.26. The zero-order valence-electron chi connectivity index (χ0n) is 15.7. The Morgan fingerprint density at radius 3 is 2.61 bits per heavy atom. The number of aromatic nitrogens is 3. The maximum atomic E-state index is 12.5. The van der Waals surface area contributed by atoms with E-state index >= 15 is 0 Å². The smallest absolute Gasteiger partial charge is 0.261 e. The first-order chi connectivity index (χ1) is 13.6. The molecular formula is C20H22N6O2. The Balaban J connectivity index is 1.41. The molecule has 0 radical (unpaired) electrons. The average Bonchev–Trinajstić information content (AvgIpc) is 2.71. The van der Waals surface area contributed by atoms with Crippen molar-refractivity contribution in [2.45, 2.75) is 6.54 Å². The minimum absolute atomic E-state index is 0.100. The van der Waals surface area contributed by atoms with Crippen LogP contribution in [0.1, 0.15) is 0 Å². The lowest BCUT2D eigenvalue weighted by Gasteiger charge is -2.33. The van der Waals surface area contributed by atoms with E-state index in [-0.39, 0.29) is 18.0 Å². The number of carbonyl (C=O) groups is 1. The topological polar surface area (TPSA) is 83.4 Å². The van der Waals surface area contributed by atoms with Crippen LogP contribution in [0, 0.1) is 0 Å². The van der Waals surface area contributed by atoms with Crippen LogP contribution in [-0.4, -0.2) is 58.6 Å². The van der Waals surface area contributed by atoms with Gasteiger partial charge >= 0.3 is 0 Å². The van der Waals surface area contributed by atoms with Gasteiger partial charge in [-0.2, -0.15) is 0 Å². The molecule has 1 saturated heterocycles. The van der Waals surface area contributed by atoms with Gasteiger partial charge in [-0.15, -0.1) is 0 Å². The Morgan fingerprint density at radius 1 is 1.07 bits per heavy atom. The van der Waals surface area contributed by atoms with Crippen molar-refractivity contribution in [1.29, 1.82) is 0 Å². The number of pyridine rings is 1. The number of carbonyl (C=O) groups excluding carboxylic acids is 1. The van der Waals surface area contributed by atoms with Crippen LogP contribution in [0.4, 0.5) is 11.5 Å². The van der Waals surface area contributed by atoms with Crippen molar-refractivity contribution in [3.05, 3.63) is 59.3 Å². The molecule has 2 aromatic heterocycles. The maximum Gasteiger partial charge on any atom is 0.261 e. The number of nitrogens with zero attached hydrogens (tertiary/aromatic N) is 5. The number of para-hydroxylation sites is 1. The zero-order chi connectivity index (χ0) is 19.5. The second-order valence-electron chi connectivity index (χ2n) is 6.94. The molecule has 1 amide bonds. The first kappa shape index (κ1) is 18.1. The second kappa shape index (κ2) is 7.77. The summed E-state index contributed by atoms with van der Waals surface area (Å²) in [5, 5.41) is 3.28. The molecule has 0 bridgehead atoms. The van der Waals surface area contributed by atoms with E-state index in [9.17, 15) is 9.59 Å². The van der Waals surface area contributed by atoms with Crippen molar-refractivity contribution in [3.63, 3.8) is 0 Å². The van der Waals surface area contributed by atoms with Crippen molar-refractivity contribution in [1.82, 2.24) is 19.4 Å². The van der Waals surface area contributed by atoms with Crippen molar-refractivity contribution >= 4 is 28.3 Å². The number of anilines is 2. The summed E-state index contributed by atoms with van der Waals surface area (Å²) in [4.78, 5) is 38.0. The molecule has 3 heterocycles. The highest BCUT2D eigenvalue weighted by Crippen LogP contribution is 2.16. The Bertz CT molecular complexity index is 1040. The molecule has 3 aromatic rings. The molecule has 1 fully saturated rings. The van der Waals surface area contributed by atoms with Gasteiger partial charge in [0, 0.05) is 26.2 Å². The van der Waals surface area contributed by atoms with Crippen LogP contribution >= 0.6 is 0 Å². The minimum atomic E-state index is -0.298. The molecule has 1 N–H and O–H groups in total. The number of rotatable bonds is 4. The van der Waals surface area contributed by atoms with Gasteiger partial charge in [-0.05, 0) is 31.3 Å². The van der Waals surface area contributed by atoms with Gasteiger partial charge in [0.15, 0.2) is 0 Å². The normalized spacial score (nSPS) is 15.0. The van der Waals surface area contributed by atoms with Crippen LogP contribution in [0.15, 0.2) is 53.7 Å². The van der Waals surface area contributed by atoms with E-state index in [1.54, 1.807) is 24.4 Å². The minimum Gasteiger partial charge on any atom is -0.354 e. The molecule has 1 aliphatic rings. The summed E-state index contributed by atoms with van der Waals surface area (Å²) in [6.07, 6.45) is 3.05. The van der Waals surface area contributed by atoms with Crippen LogP contribution in [0.3, 0.4) is 0 Å². The number of likely N-dealkylation sites (N-methyl/N-ethyl adjacent to an activating group) is 1. The first-order valence-corrected chi connectivity index (χ1v) is 9.24. The molecule has 1 aliphatic heterocycles. The van der Waals surface area contributed by atoms with E-state index in [0.29, 0.717) is 16.6 Å². The summed E-state index contributed by atoms with van der Waals surface area (Å²) in [5.74, 6) is 0.606. The van der Waals surface area contributed by atoms with Gasteiger partial charge in [-0.25, -0.2) is 9.97 Å². The highest BCUT2D eigenvalue weighted by atomic mass is 16.2. The van der Waals surface area contributed by atoms with Gasteiger partial charge in [0.2, 0.25) is 5.91 Å². The van der Waals surface area contributed by atoms with E-state index in [1.165, 1.54) is 10.9 Å². The highest BCUT2D eigenvalue weighted by molar-refractivity contribution is 5.90. The van der Waals surface area contributed by atoms with Crippen LogP contribution < -0.4 is 15.8 Å². The summed E-state index contributed by atoms with van der Waals surface area (Å²) < 4.78 is 1.31. The van der Waals surface area contributed by atoms with E-state index in [4.69, 9.17) is 0 Å². The lowest BCUT2D eigenvalue weighted by Crippen LogP contribution is -2.44. The summed E-state index contributed by atoms with van der Waals surface area (Å²) in [5.41, 5.74) is 0.988. The van der Waals surface area contributed by atoms with Gasteiger partial charge in [-0.1, -0.05) is 12.1 Å². The molecule has 28 heavy (non-hydrogen) atoms. The van der Waals surface area contributed by atoms with E-state index in [2.05, 4.69) is 32.1 Å². The fourth-order valence-electron chi connectivity index (χ4n) is 3.26. The number of piperazine rings is 1. The monoisotopic (exact) mass is 378 g/mol. The standard InChI is InChI=1S/C20H22N6O2/c1-24-8-10-25(11-9-24)18-7-6-15(12-21-18)23-19(27)13-26-14-22-17-5-3-2-4-16(17)20(26)28/h2-7,12,14H,8-11,13H2,1H3,(H,23,27). The van der Waals surface area contributed by atoms with Crippen molar-refractivity contribution < 1.29 is 4.79 Å². The van der Waals surface area contributed by atoms with Gasteiger partial charge in [-0.3, -0.25) is 14.2 Å². The molecule has 8 heteroatoms. The predicted molar refractivity (Wildman–Crippen MR) is 109 cm³/mol. The molecule has 144 valence electrons. The van der Waals surface area contributed by atoms with Crippen LogP contribution in [-0.2, 0) is 11.3 Å². The number of hydrogen-bond acceptors (Lipinski definition) is 6. The molecule has 0 unspecified atom stereocenters. The van der Waals surface area contributed by atoms with Crippen LogP contribution in [0.25, 0.3) is 10.9 Å². The summed E-state index contributed by atoms with van der Waals surface area (Å²) in [6, 6.07) is 10.8. The Morgan fingerprint density at radius 2 is 1.86 bits per heavy atom. The third kappa shape index (κ3) is 3.86. The molecule has 0 saturated carbocycles. The summed E-state index contributed by atoms with van der Waals surface area (Å²) >= 11 is 0.